The summed E-state index contributed by atoms with van der Waals surface area (Å²) in [4.78, 5) is 26.8. The van der Waals surface area contributed by atoms with Crippen LogP contribution in [0.1, 0.15) is 52.0 Å². The molecule has 1 fully saturated rings. The van der Waals surface area contributed by atoms with Crippen LogP contribution in [0.25, 0.3) is 11.1 Å². The van der Waals surface area contributed by atoms with Gasteiger partial charge in [0.25, 0.3) is 0 Å². The molecule has 0 radical (unpaired) electrons. The van der Waals surface area contributed by atoms with Crippen LogP contribution in [0.2, 0.25) is 0 Å². The molecule has 0 spiro atoms. The van der Waals surface area contributed by atoms with Crippen LogP contribution in [0.3, 0.4) is 0 Å². The number of carbonyl (C=O) groups is 2. The van der Waals surface area contributed by atoms with E-state index in [2.05, 4.69) is 41.7 Å². The summed E-state index contributed by atoms with van der Waals surface area (Å²) in [6, 6.07) is 18.5. The first-order valence-electron chi connectivity index (χ1n) is 11.2. The second-order valence-corrected chi connectivity index (χ2v) is 9.24. The van der Waals surface area contributed by atoms with E-state index >= 15 is 0 Å². The van der Waals surface area contributed by atoms with Crippen molar-refractivity contribution in [3.05, 3.63) is 60.2 Å². The lowest BCUT2D eigenvalue weighted by atomic mass is 9.98. The highest BCUT2D eigenvalue weighted by atomic mass is 16.6. The Hall–Kier alpha value is -2.82. The zero-order chi connectivity index (χ0) is 22.3. The smallest absolute Gasteiger partial charge is 0.407 e. The van der Waals surface area contributed by atoms with Gasteiger partial charge in [0.2, 0.25) is 5.91 Å². The number of alkyl carbamates (subject to hydrolysis) is 1. The topological polar surface area (TPSA) is 58.6 Å². The second-order valence-electron chi connectivity index (χ2n) is 9.24. The minimum Gasteiger partial charge on any atom is -0.444 e. The largest absolute Gasteiger partial charge is 0.444 e. The molecule has 2 amide bonds. The summed E-state index contributed by atoms with van der Waals surface area (Å²) in [7, 11) is 0. The van der Waals surface area contributed by atoms with E-state index in [1.165, 1.54) is 5.56 Å². The number of rotatable bonds is 7. The Labute approximate surface area is 185 Å². The van der Waals surface area contributed by atoms with Gasteiger partial charge in [0.15, 0.2) is 0 Å². The molecule has 1 aliphatic rings. The Morgan fingerprint density at radius 3 is 2.19 bits per heavy atom. The molecule has 31 heavy (non-hydrogen) atoms. The third kappa shape index (κ3) is 7.42. The lowest BCUT2D eigenvalue weighted by Crippen LogP contribution is -2.41. The molecular weight excluding hydrogens is 388 g/mol. The standard InChI is InChI=1S/C26H34N2O3/c1-26(2,3)31-25(30)27-23(15-16-24(29)28-17-7-8-18-28)19-20-11-13-22(14-12-20)21-9-5-4-6-10-21/h4-6,9-14,23H,7-8,15-19H2,1-3H3,(H,27,30)/t23-/m0/s1. The number of hydrogen-bond acceptors (Lipinski definition) is 3. The van der Waals surface area contributed by atoms with E-state index in [1.54, 1.807) is 0 Å². The number of ether oxygens (including phenoxy) is 1. The minimum atomic E-state index is -0.558. The second kappa shape index (κ2) is 10.5. The van der Waals surface area contributed by atoms with Gasteiger partial charge in [-0.3, -0.25) is 4.79 Å². The molecule has 0 aromatic heterocycles. The zero-order valence-electron chi connectivity index (χ0n) is 18.9. The number of likely N-dealkylation sites (tertiary alicyclic amines) is 1. The van der Waals surface area contributed by atoms with Gasteiger partial charge >= 0.3 is 6.09 Å². The first-order chi connectivity index (χ1) is 14.8. The molecule has 166 valence electrons. The van der Waals surface area contributed by atoms with Crippen LogP contribution in [-0.4, -0.2) is 41.6 Å². The van der Waals surface area contributed by atoms with Crippen molar-refractivity contribution in [1.82, 2.24) is 10.2 Å². The molecule has 5 heteroatoms. The zero-order valence-corrected chi connectivity index (χ0v) is 18.9. The van der Waals surface area contributed by atoms with E-state index in [1.807, 2.05) is 43.9 Å². The molecule has 0 saturated carbocycles. The van der Waals surface area contributed by atoms with Crippen molar-refractivity contribution in [3.8, 4) is 11.1 Å². The van der Waals surface area contributed by atoms with Gasteiger partial charge < -0.3 is 15.0 Å². The number of benzene rings is 2. The number of amides is 2. The van der Waals surface area contributed by atoms with Crippen molar-refractivity contribution in [2.45, 2.75) is 64.5 Å². The maximum absolute atomic E-state index is 12.5. The summed E-state index contributed by atoms with van der Waals surface area (Å²) >= 11 is 0. The van der Waals surface area contributed by atoms with Crippen LogP contribution in [0.5, 0.6) is 0 Å². The van der Waals surface area contributed by atoms with Crippen molar-refractivity contribution in [3.63, 3.8) is 0 Å². The Kier molecular flexibility index (Phi) is 7.72. The Bertz CT molecular complexity index is 850. The predicted octanol–water partition coefficient (Wildman–Crippen LogP) is 5.19. The number of nitrogens with zero attached hydrogens (tertiary/aromatic N) is 1. The van der Waals surface area contributed by atoms with E-state index in [9.17, 15) is 9.59 Å². The number of carbonyl (C=O) groups excluding carboxylic acids is 2. The van der Waals surface area contributed by atoms with Crippen LogP contribution in [0.15, 0.2) is 54.6 Å². The van der Waals surface area contributed by atoms with Gasteiger partial charge in [-0.2, -0.15) is 0 Å². The molecule has 0 aliphatic carbocycles. The molecular formula is C26H34N2O3. The molecule has 1 saturated heterocycles. The molecule has 0 unspecified atom stereocenters. The van der Waals surface area contributed by atoms with Crippen LogP contribution in [0.4, 0.5) is 4.79 Å². The number of hydrogen-bond donors (Lipinski definition) is 1. The highest BCUT2D eigenvalue weighted by Crippen LogP contribution is 2.21. The minimum absolute atomic E-state index is 0.163. The quantitative estimate of drug-likeness (QED) is 0.668. The van der Waals surface area contributed by atoms with E-state index in [0.29, 0.717) is 19.3 Å². The Morgan fingerprint density at radius 2 is 1.58 bits per heavy atom. The molecule has 1 heterocycles. The van der Waals surface area contributed by atoms with Crippen molar-refractivity contribution in [1.29, 1.82) is 0 Å². The summed E-state index contributed by atoms with van der Waals surface area (Å²) in [6.07, 6.45) is 3.41. The third-order valence-corrected chi connectivity index (χ3v) is 5.43. The maximum Gasteiger partial charge on any atom is 0.407 e. The molecule has 2 aromatic carbocycles. The van der Waals surface area contributed by atoms with Crippen LogP contribution in [0, 0.1) is 0 Å². The lowest BCUT2D eigenvalue weighted by Gasteiger charge is -2.24. The summed E-state index contributed by atoms with van der Waals surface area (Å²) in [5.74, 6) is 0.174. The maximum atomic E-state index is 12.5. The summed E-state index contributed by atoms with van der Waals surface area (Å²) in [6.45, 7) is 7.25. The van der Waals surface area contributed by atoms with E-state index in [4.69, 9.17) is 4.74 Å². The fourth-order valence-corrected chi connectivity index (χ4v) is 3.87. The van der Waals surface area contributed by atoms with Crippen molar-refractivity contribution in [2.75, 3.05) is 13.1 Å². The predicted molar refractivity (Wildman–Crippen MR) is 124 cm³/mol. The van der Waals surface area contributed by atoms with E-state index < -0.39 is 11.7 Å². The molecule has 3 rings (SSSR count). The third-order valence-electron chi connectivity index (χ3n) is 5.43. The van der Waals surface area contributed by atoms with Gasteiger partial charge in [0, 0.05) is 25.6 Å². The first kappa shape index (κ1) is 22.9. The van der Waals surface area contributed by atoms with Gasteiger partial charge in [-0.1, -0.05) is 54.6 Å². The van der Waals surface area contributed by atoms with E-state index in [0.717, 1.165) is 37.1 Å². The highest BCUT2D eigenvalue weighted by molar-refractivity contribution is 5.76. The van der Waals surface area contributed by atoms with E-state index in [-0.39, 0.29) is 11.9 Å². The fourth-order valence-electron chi connectivity index (χ4n) is 3.87. The molecule has 1 atom stereocenters. The van der Waals surface area contributed by atoms with Crippen LogP contribution < -0.4 is 5.32 Å². The molecule has 1 aliphatic heterocycles. The average molecular weight is 423 g/mol. The lowest BCUT2D eigenvalue weighted by molar-refractivity contribution is -0.130. The number of nitrogens with one attached hydrogen (secondary N) is 1. The summed E-state index contributed by atoms with van der Waals surface area (Å²) < 4.78 is 5.44. The van der Waals surface area contributed by atoms with Gasteiger partial charge in [-0.25, -0.2) is 4.79 Å². The first-order valence-corrected chi connectivity index (χ1v) is 11.2. The summed E-state index contributed by atoms with van der Waals surface area (Å²) in [5, 5.41) is 2.98. The molecule has 0 bridgehead atoms. The van der Waals surface area contributed by atoms with Crippen molar-refractivity contribution < 1.29 is 14.3 Å². The average Bonchev–Trinajstić information content (AvgIpc) is 3.27. The SMILES string of the molecule is CC(C)(C)OC(=O)N[C@@H](CCC(=O)N1CCCC1)Cc1ccc(-c2ccccc2)cc1. The van der Waals surface area contributed by atoms with Gasteiger partial charge in [-0.05, 0) is 63.1 Å². The Balaban J connectivity index is 1.64. The Morgan fingerprint density at radius 1 is 0.968 bits per heavy atom. The van der Waals surface area contributed by atoms with Gasteiger partial charge in [-0.15, -0.1) is 0 Å². The molecule has 1 N–H and O–H groups in total. The fraction of sp³-hybridized carbons (Fsp3) is 0.462. The van der Waals surface area contributed by atoms with Crippen molar-refractivity contribution in [2.24, 2.45) is 0 Å². The normalized spacial score (nSPS) is 14.9. The van der Waals surface area contributed by atoms with Gasteiger partial charge in [0.1, 0.15) is 5.60 Å². The van der Waals surface area contributed by atoms with Crippen LogP contribution >= 0.6 is 0 Å². The highest BCUT2D eigenvalue weighted by Gasteiger charge is 2.23. The monoisotopic (exact) mass is 422 g/mol. The summed E-state index contributed by atoms with van der Waals surface area (Å²) in [5.41, 5.74) is 2.89. The van der Waals surface area contributed by atoms with Crippen molar-refractivity contribution >= 4 is 12.0 Å². The van der Waals surface area contributed by atoms with Gasteiger partial charge in [0.05, 0.1) is 0 Å². The molecule has 2 aromatic rings. The molecule has 5 nitrogen and oxygen atoms in total. The van der Waals surface area contributed by atoms with Crippen LogP contribution in [-0.2, 0) is 16.0 Å².